The van der Waals surface area contributed by atoms with Crippen LogP contribution < -0.4 is 5.73 Å². The summed E-state index contributed by atoms with van der Waals surface area (Å²) in [6.45, 7) is 2.04. The summed E-state index contributed by atoms with van der Waals surface area (Å²) < 4.78 is 0. The SMILES string of the molecule is Cc1ccc(-c2ccc3c(c2)CCC3)cc1N. The van der Waals surface area contributed by atoms with Crippen molar-refractivity contribution in [3.63, 3.8) is 0 Å². The first-order valence-corrected chi connectivity index (χ1v) is 6.22. The fraction of sp³-hybridized carbons (Fsp3) is 0.250. The molecular formula is C16H17N. The van der Waals surface area contributed by atoms with Gasteiger partial charge in [0.2, 0.25) is 0 Å². The van der Waals surface area contributed by atoms with E-state index in [1.54, 1.807) is 0 Å². The summed E-state index contributed by atoms with van der Waals surface area (Å²) in [6.07, 6.45) is 3.77. The molecule has 1 aliphatic carbocycles. The maximum absolute atomic E-state index is 5.97. The number of hydrogen-bond donors (Lipinski definition) is 1. The van der Waals surface area contributed by atoms with Crippen molar-refractivity contribution in [1.29, 1.82) is 0 Å². The van der Waals surface area contributed by atoms with Gasteiger partial charge in [-0.05, 0) is 60.1 Å². The van der Waals surface area contributed by atoms with Crippen LogP contribution in [-0.2, 0) is 12.8 Å². The number of rotatable bonds is 1. The number of aryl methyl sites for hydroxylation is 3. The Balaban J connectivity index is 2.06. The van der Waals surface area contributed by atoms with Crippen molar-refractivity contribution >= 4 is 5.69 Å². The van der Waals surface area contributed by atoms with Gasteiger partial charge in [0.05, 0.1) is 0 Å². The van der Waals surface area contributed by atoms with Crippen LogP contribution in [0.5, 0.6) is 0 Å². The summed E-state index contributed by atoms with van der Waals surface area (Å²) in [5.74, 6) is 0. The number of benzene rings is 2. The number of nitrogen functional groups attached to an aromatic ring is 1. The minimum absolute atomic E-state index is 0.878. The molecule has 17 heavy (non-hydrogen) atoms. The summed E-state index contributed by atoms with van der Waals surface area (Å²) in [7, 11) is 0. The van der Waals surface area contributed by atoms with Crippen molar-refractivity contribution in [1.82, 2.24) is 0 Å². The van der Waals surface area contributed by atoms with Gasteiger partial charge < -0.3 is 5.73 Å². The van der Waals surface area contributed by atoms with Gasteiger partial charge in [0.1, 0.15) is 0 Å². The van der Waals surface area contributed by atoms with E-state index in [0.717, 1.165) is 11.3 Å². The molecule has 3 rings (SSSR count). The lowest BCUT2D eigenvalue weighted by atomic mass is 9.99. The summed E-state index contributed by atoms with van der Waals surface area (Å²) in [6, 6.07) is 13.1. The van der Waals surface area contributed by atoms with Gasteiger partial charge in [-0.3, -0.25) is 0 Å². The molecule has 0 unspecified atom stereocenters. The molecule has 0 heterocycles. The summed E-state index contributed by atoms with van der Waals surface area (Å²) in [4.78, 5) is 0. The van der Waals surface area contributed by atoms with E-state index in [2.05, 4.69) is 36.4 Å². The van der Waals surface area contributed by atoms with E-state index >= 15 is 0 Å². The number of fused-ring (bicyclic) bond motifs is 1. The van der Waals surface area contributed by atoms with Crippen LogP contribution in [0.4, 0.5) is 5.69 Å². The van der Waals surface area contributed by atoms with Gasteiger partial charge in [0.15, 0.2) is 0 Å². The van der Waals surface area contributed by atoms with Crippen LogP contribution in [0, 0.1) is 6.92 Å². The zero-order valence-electron chi connectivity index (χ0n) is 10.2. The molecule has 0 atom stereocenters. The molecule has 0 radical (unpaired) electrons. The molecule has 0 bridgehead atoms. The van der Waals surface area contributed by atoms with Crippen molar-refractivity contribution in [3.8, 4) is 11.1 Å². The standard InChI is InChI=1S/C16H17N/c1-11-5-6-15(10-16(11)17)14-8-7-12-3-2-4-13(12)9-14/h5-10H,2-4,17H2,1H3. The Labute approximate surface area is 102 Å². The molecule has 1 heteroatoms. The minimum Gasteiger partial charge on any atom is -0.398 e. The summed E-state index contributed by atoms with van der Waals surface area (Å²) in [5.41, 5.74) is 13.5. The molecule has 0 saturated heterocycles. The van der Waals surface area contributed by atoms with Gasteiger partial charge in [0.25, 0.3) is 0 Å². The largest absolute Gasteiger partial charge is 0.398 e. The third-order valence-electron chi connectivity index (χ3n) is 3.71. The van der Waals surface area contributed by atoms with Crippen molar-refractivity contribution in [2.75, 3.05) is 5.73 Å². The van der Waals surface area contributed by atoms with Crippen molar-refractivity contribution in [2.45, 2.75) is 26.2 Å². The zero-order valence-corrected chi connectivity index (χ0v) is 10.2. The monoisotopic (exact) mass is 223 g/mol. The highest BCUT2D eigenvalue weighted by Crippen LogP contribution is 2.29. The van der Waals surface area contributed by atoms with Gasteiger partial charge in [0, 0.05) is 5.69 Å². The average molecular weight is 223 g/mol. The van der Waals surface area contributed by atoms with Crippen LogP contribution >= 0.6 is 0 Å². The predicted molar refractivity (Wildman–Crippen MR) is 73.1 cm³/mol. The molecule has 1 nitrogen and oxygen atoms in total. The molecule has 2 aromatic carbocycles. The molecule has 0 aliphatic heterocycles. The second-order valence-electron chi connectivity index (χ2n) is 4.91. The van der Waals surface area contributed by atoms with Gasteiger partial charge >= 0.3 is 0 Å². The Morgan fingerprint density at radius 3 is 2.41 bits per heavy atom. The maximum atomic E-state index is 5.97. The molecule has 2 aromatic rings. The third-order valence-corrected chi connectivity index (χ3v) is 3.71. The lowest BCUT2D eigenvalue weighted by Crippen LogP contribution is -1.90. The molecule has 1 aliphatic rings. The lowest BCUT2D eigenvalue weighted by molar-refractivity contribution is 0.912. The van der Waals surface area contributed by atoms with Crippen LogP contribution in [0.2, 0.25) is 0 Å². The third kappa shape index (κ3) is 1.82. The van der Waals surface area contributed by atoms with E-state index < -0.39 is 0 Å². The molecule has 0 spiro atoms. The van der Waals surface area contributed by atoms with E-state index in [1.165, 1.54) is 41.5 Å². The van der Waals surface area contributed by atoms with Crippen LogP contribution in [0.15, 0.2) is 36.4 Å². The van der Waals surface area contributed by atoms with E-state index in [1.807, 2.05) is 6.92 Å². The Hall–Kier alpha value is -1.76. The Morgan fingerprint density at radius 1 is 0.882 bits per heavy atom. The first kappa shape index (κ1) is 10.4. The van der Waals surface area contributed by atoms with E-state index in [4.69, 9.17) is 5.73 Å². The maximum Gasteiger partial charge on any atom is 0.0349 e. The molecule has 0 amide bonds. The Bertz CT molecular complexity index is 570. The Kier molecular flexibility index (Phi) is 2.40. The minimum atomic E-state index is 0.878. The van der Waals surface area contributed by atoms with Gasteiger partial charge in [-0.1, -0.05) is 30.3 Å². The van der Waals surface area contributed by atoms with Gasteiger partial charge in [-0.2, -0.15) is 0 Å². The van der Waals surface area contributed by atoms with Crippen LogP contribution in [0.3, 0.4) is 0 Å². The molecular weight excluding hydrogens is 206 g/mol. The Morgan fingerprint density at radius 2 is 1.59 bits per heavy atom. The zero-order chi connectivity index (χ0) is 11.8. The smallest absolute Gasteiger partial charge is 0.0349 e. The van der Waals surface area contributed by atoms with Crippen molar-refractivity contribution < 1.29 is 0 Å². The number of hydrogen-bond acceptors (Lipinski definition) is 1. The molecule has 0 saturated carbocycles. The first-order chi connectivity index (χ1) is 8.24. The molecule has 86 valence electrons. The highest BCUT2D eigenvalue weighted by Gasteiger charge is 2.11. The highest BCUT2D eigenvalue weighted by atomic mass is 14.6. The fourth-order valence-electron chi connectivity index (χ4n) is 2.57. The average Bonchev–Trinajstić information content (AvgIpc) is 2.79. The second-order valence-corrected chi connectivity index (χ2v) is 4.91. The number of nitrogens with two attached hydrogens (primary N) is 1. The van der Waals surface area contributed by atoms with E-state index in [-0.39, 0.29) is 0 Å². The molecule has 2 N–H and O–H groups in total. The predicted octanol–water partition coefficient (Wildman–Crippen LogP) is 3.73. The first-order valence-electron chi connectivity index (χ1n) is 6.22. The van der Waals surface area contributed by atoms with Crippen LogP contribution in [0.25, 0.3) is 11.1 Å². The topological polar surface area (TPSA) is 26.0 Å². The normalized spacial score (nSPS) is 13.7. The summed E-state index contributed by atoms with van der Waals surface area (Å²) >= 11 is 0. The van der Waals surface area contributed by atoms with Crippen LogP contribution in [-0.4, -0.2) is 0 Å². The fourth-order valence-corrected chi connectivity index (χ4v) is 2.57. The quantitative estimate of drug-likeness (QED) is 0.732. The van der Waals surface area contributed by atoms with Crippen molar-refractivity contribution in [2.24, 2.45) is 0 Å². The highest BCUT2D eigenvalue weighted by molar-refractivity contribution is 5.70. The van der Waals surface area contributed by atoms with Gasteiger partial charge in [-0.15, -0.1) is 0 Å². The lowest BCUT2D eigenvalue weighted by Gasteiger charge is -2.07. The number of anilines is 1. The molecule has 0 fully saturated rings. The molecule has 0 aromatic heterocycles. The summed E-state index contributed by atoms with van der Waals surface area (Å²) in [5, 5.41) is 0. The van der Waals surface area contributed by atoms with E-state index in [0.29, 0.717) is 0 Å². The van der Waals surface area contributed by atoms with E-state index in [9.17, 15) is 0 Å². The van der Waals surface area contributed by atoms with Crippen molar-refractivity contribution in [3.05, 3.63) is 53.1 Å². The van der Waals surface area contributed by atoms with Gasteiger partial charge in [-0.25, -0.2) is 0 Å². The second kappa shape index (κ2) is 3.92. The van der Waals surface area contributed by atoms with Crippen LogP contribution in [0.1, 0.15) is 23.1 Å².